The summed E-state index contributed by atoms with van der Waals surface area (Å²) in [7, 11) is 0. The summed E-state index contributed by atoms with van der Waals surface area (Å²) < 4.78 is 0.942. The second kappa shape index (κ2) is 7.82. The fourth-order valence-electron chi connectivity index (χ4n) is 1.69. The number of benzene rings is 1. The molecule has 0 saturated heterocycles. The molecule has 0 aliphatic carbocycles. The first kappa shape index (κ1) is 16.4. The van der Waals surface area contributed by atoms with Crippen LogP contribution < -0.4 is 0 Å². The number of nitrogens with zero attached hydrogens (tertiary/aromatic N) is 1. The van der Waals surface area contributed by atoms with Gasteiger partial charge in [-0.05, 0) is 6.42 Å². The van der Waals surface area contributed by atoms with Gasteiger partial charge in [-0.1, -0.05) is 19.8 Å². The SMILES string of the molecule is CCCCCC(=O)O.O=C1c2ccccc2C(=O)[N]1[Mn]. The van der Waals surface area contributed by atoms with E-state index in [0.29, 0.717) is 17.5 Å². The van der Waals surface area contributed by atoms with Crippen molar-refractivity contribution in [2.45, 2.75) is 32.6 Å². The molecule has 0 fully saturated rings. The van der Waals surface area contributed by atoms with Crippen molar-refractivity contribution in [3.63, 3.8) is 0 Å². The standard InChI is InChI=1S/C8H5NO2.C6H12O2.Mn/c10-7-5-3-1-2-4-6(5)8(11)9-7;1-2-3-4-5-6(7)8;/h1-4H,(H,9,10,11);2-5H2,1H3,(H,7,8);/q;;+1/p-1. The van der Waals surface area contributed by atoms with E-state index >= 15 is 0 Å². The zero-order valence-electron chi connectivity index (χ0n) is 11.1. The first-order valence-corrected chi connectivity index (χ1v) is 6.87. The molecule has 0 bridgehead atoms. The molecule has 2 amide bonds. The van der Waals surface area contributed by atoms with Crippen LogP contribution in [0.15, 0.2) is 24.3 Å². The van der Waals surface area contributed by atoms with Crippen LogP contribution in [0.4, 0.5) is 0 Å². The topological polar surface area (TPSA) is 74.7 Å². The Morgan fingerprint density at radius 1 is 1.15 bits per heavy atom. The number of hydrogen-bond donors (Lipinski definition) is 1. The second-order valence-corrected chi connectivity index (χ2v) is 4.82. The summed E-state index contributed by atoms with van der Waals surface area (Å²) in [5.74, 6) is -1.27. The third-order valence-electron chi connectivity index (χ3n) is 2.74. The van der Waals surface area contributed by atoms with Crippen molar-refractivity contribution in [2.75, 3.05) is 0 Å². The molecule has 0 aromatic heterocycles. The van der Waals surface area contributed by atoms with Crippen LogP contribution in [0.2, 0.25) is 0 Å². The normalized spacial score (nSPS) is 12.8. The summed E-state index contributed by atoms with van der Waals surface area (Å²) in [4.78, 5) is 32.4. The van der Waals surface area contributed by atoms with Crippen molar-refractivity contribution in [1.29, 1.82) is 0 Å². The summed E-state index contributed by atoms with van der Waals surface area (Å²) in [6.45, 7) is 2.06. The Bertz CT molecular complexity index is 481. The van der Waals surface area contributed by atoms with E-state index in [1.807, 2.05) is 0 Å². The van der Waals surface area contributed by atoms with Gasteiger partial charge in [-0.15, -0.1) is 0 Å². The Morgan fingerprint density at radius 2 is 1.65 bits per heavy atom. The van der Waals surface area contributed by atoms with Crippen LogP contribution in [0.3, 0.4) is 0 Å². The van der Waals surface area contributed by atoms with Gasteiger partial charge in [-0.2, -0.15) is 0 Å². The number of fused-ring (bicyclic) bond motifs is 1. The molecule has 0 atom stereocenters. The zero-order chi connectivity index (χ0) is 15.1. The molecule has 0 unspecified atom stereocenters. The Kier molecular flexibility index (Phi) is 6.42. The van der Waals surface area contributed by atoms with E-state index in [0.717, 1.165) is 23.2 Å². The van der Waals surface area contributed by atoms with E-state index in [-0.39, 0.29) is 11.8 Å². The molecule has 20 heavy (non-hydrogen) atoms. The third kappa shape index (κ3) is 4.18. The number of imide groups is 1. The fourth-order valence-corrected chi connectivity index (χ4v) is 1.97. The Balaban J connectivity index is 0.000000221. The summed E-state index contributed by atoms with van der Waals surface area (Å²) in [6.07, 6.45) is 3.28. The second-order valence-electron chi connectivity index (χ2n) is 4.29. The molecular weight excluding hydrogens is 301 g/mol. The van der Waals surface area contributed by atoms with Crippen molar-refractivity contribution in [1.82, 2.24) is 3.92 Å². The zero-order valence-corrected chi connectivity index (χ0v) is 12.3. The molecule has 1 aromatic rings. The number of aliphatic carboxylic acids is 1. The van der Waals surface area contributed by atoms with Crippen LogP contribution in [-0.4, -0.2) is 26.8 Å². The summed E-state index contributed by atoms with van der Waals surface area (Å²) in [5.41, 5.74) is 0.916. The molecule has 0 spiro atoms. The van der Waals surface area contributed by atoms with Gasteiger partial charge in [-0.3, -0.25) is 4.79 Å². The maximum atomic E-state index is 11.3. The number of carbonyl (C=O) groups excluding carboxylic acids is 2. The van der Waals surface area contributed by atoms with Crippen LogP contribution in [-0.2, 0) is 21.0 Å². The molecular formula is C14H16MnNO4. The molecule has 1 aromatic carbocycles. The molecule has 1 aliphatic heterocycles. The molecule has 2 rings (SSSR count). The minimum absolute atomic E-state index is 0.296. The van der Waals surface area contributed by atoms with E-state index in [1.165, 1.54) is 0 Å². The van der Waals surface area contributed by atoms with Gasteiger partial charge >= 0.3 is 82.9 Å². The van der Waals surface area contributed by atoms with E-state index in [2.05, 4.69) is 23.2 Å². The Morgan fingerprint density at radius 3 is 2.05 bits per heavy atom. The number of amides is 2. The van der Waals surface area contributed by atoms with Gasteiger partial charge < -0.3 is 5.11 Å². The van der Waals surface area contributed by atoms with Crippen LogP contribution in [0.5, 0.6) is 0 Å². The van der Waals surface area contributed by atoms with Gasteiger partial charge in [0.15, 0.2) is 0 Å². The molecule has 5 nitrogen and oxygen atoms in total. The van der Waals surface area contributed by atoms with Crippen LogP contribution in [0.25, 0.3) is 0 Å². The molecule has 0 saturated carbocycles. The average Bonchev–Trinajstić information content (AvgIpc) is 2.65. The molecule has 1 aliphatic rings. The number of carboxylic acids is 1. The predicted octanol–water partition coefficient (Wildman–Crippen LogP) is 2.40. The van der Waals surface area contributed by atoms with E-state index in [4.69, 9.17) is 5.11 Å². The van der Waals surface area contributed by atoms with Gasteiger partial charge in [0.2, 0.25) is 0 Å². The molecule has 1 N–H and O–H groups in total. The number of unbranched alkanes of at least 4 members (excludes halogenated alkanes) is 2. The Labute approximate surface area is 126 Å². The van der Waals surface area contributed by atoms with Crippen molar-refractivity contribution >= 4 is 17.8 Å². The number of hydrogen-bond acceptors (Lipinski definition) is 3. The summed E-state index contributed by atoms with van der Waals surface area (Å²) >= 11 is 2.88. The number of carbonyl (C=O) groups is 3. The van der Waals surface area contributed by atoms with E-state index < -0.39 is 5.97 Å². The molecule has 0 radical (unpaired) electrons. The molecule has 1 heterocycles. The maximum absolute atomic E-state index is 11.3. The minimum atomic E-state index is -0.682. The molecule has 108 valence electrons. The van der Waals surface area contributed by atoms with Crippen molar-refractivity contribution in [3.05, 3.63) is 35.4 Å². The van der Waals surface area contributed by atoms with Gasteiger partial charge in [0.1, 0.15) is 0 Å². The predicted molar refractivity (Wildman–Crippen MR) is 68.7 cm³/mol. The first-order chi connectivity index (χ1) is 9.49. The van der Waals surface area contributed by atoms with Gasteiger partial charge in [-0.25, -0.2) is 0 Å². The van der Waals surface area contributed by atoms with Crippen molar-refractivity contribution in [2.24, 2.45) is 0 Å². The molecule has 6 heteroatoms. The van der Waals surface area contributed by atoms with Crippen molar-refractivity contribution < 1.29 is 35.7 Å². The van der Waals surface area contributed by atoms with Crippen molar-refractivity contribution in [3.8, 4) is 0 Å². The fraction of sp³-hybridized carbons (Fsp3) is 0.357. The van der Waals surface area contributed by atoms with Crippen LogP contribution in [0, 0.1) is 0 Å². The van der Waals surface area contributed by atoms with Crippen LogP contribution in [0.1, 0.15) is 53.3 Å². The first-order valence-electron chi connectivity index (χ1n) is 6.34. The summed E-state index contributed by atoms with van der Waals surface area (Å²) in [5, 5.41) is 8.14. The van der Waals surface area contributed by atoms with E-state index in [9.17, 15) is 14.4 Å². The Hall–Kier alpha value is -1.65. The van der Waals surface area contributed by atoms with Gasteiger partial charge in [0.25, 0.3) is 0 Å². The van der Waals surface area contributed by atoms with Gasteiger partial charge in [0, 0.05) is 6.42 Å². The van der Waals surface area contributed by atoms with Gasteiger partial charge in [0.05, 0.1) is 0 Å². The number of carboxylic acid groups (broad SMARTS) is 1. The monoisotopic (exact) mass is 317 g/mol. The summed E-state index contributed by atoms with van der Waals surface area (Å²) in [6, 6.07) is 6.74. The number of rotatable bonds is 4. The average molecular weight is 317 g/mol. The van der Waals surface area contributed by atoms with E-state index in [1.54, 1.807) is 24.3 Å². The third-order valence-corrected chi connectivity index (χ3v) is 3.22. The quantitative estimate of drug-likeness (QED) is 0.526. The van der Waals surface area contributed by atoms with Crippen LogP contribution >= 0.6 is 0 Å².